The number of nitrogens with zero attached hydrogens (tertiary/aromatic N) is 1. The minimum atomic E-state index is -0.384. The van der Waals surface area contributed by atoms with Crippen molar-refractivity contribution < 1.29 is 4.52 Å². The number of rotatable bonds is 1. The Morgan fingerprint density at radius 3 is 2.88 bits per heavy atom. The van der Waals surface area contributed by atoms with E-state index in [0.717, 1.165) is 0 Å². The second kappa shape index (κ2) is 3.80. The van der Waals surface area contributed by atoms with Crippen molar-refractivity contribution in [2.45, 2.75) is 31.4 Å². The maximum atomic E-state index is 6.29. The Balaban J connectivity index is 1.99. The molecular weight excluding hydrogens is 217 g/mol. The molecule has 2 saturated heterocycles. The van der Waals surface area contributed by atoms with Crippen LogP contribution in [0.5, 0.6) is 0 Å². The van der Waals surface area contributed by atoms with Crippen molar-refractivity contribution >= 4 is 8.30 Å². The molecule has 86 valence electrons. The first-order valence-electron chi connectivity index (χ1n) is 5.97. The minimum absolute atomic E-state index is 0.0851. The SMILES string of the molecule is C[P@]1O[C@@](C)(c2ccccc2)[C@H]2CCCN21. The van der Waals surface area contributed by atoms with Crippen LogP contribution < -0.4 is 0 Å². The molecular formula is C13H18NOP. The fraction of sp³-hybridized carbons (Fsp3) is 0.538. The third-order valence-corrected chi connectivity index (χ3v) is 5.74. The van der Waals surface area contributed by atoms with Crippen molar-refractivity contribution in [3.8, 4) is 0 Å². The maximum Gasteiger partial charge on any atom is 0.112 e. The van der Waals surface area contributed by atoms with Gasteiger partial charge in [-0.05, 0) is 32.0 Å². The van der Waals surface area contributed by atoms with E-state index in [1.54, 1.807) is 0 Å². The molecule has 16 heavy (non-hydrogen) atoms. The summed E-state index contributed by atoms with van der Waals surface area (Å²) in [6, 6.07) is 11.3. The third kappa shape index (κ3) is 1.44. The lowest BCUT2D eigenvalue weighted by Gasteiger charge is -2.29. The van der Waals surface area contributed by atoms with Crippen molar-refractivity contribution in [1.29, 1.82) is 0 Å². The Labute approximate surface area is 98.5 Å². The standard InChI is InChI=1S/C13H18NOP/c1-13(11-7-4-3-5-8-11)12-9-6-10-14(12)16(2)15-13/h3-5,7-8,12H,6,9-10H2,1-2H3/t12-,13+,16+/m1/s1. The molecule has 0 N–H and O–H groups in total. The van der Waals surface area contributed by atoms with Gasteiger partial charge in [-0.2, -0.15) is 0 Å². The summed E-state index contributed by atoms with van der Waals surface area (Å²) in [5, 5.41) is 0. The van der Waals surface area contributed by atoms with Gasteiger partial charge in [-0.15, -0.1) is 0 Å². The van der Waals surface area contributed by atoms with Crippen LogP contribution in [0.1, 0.15) is 25.3 Å². The molecule has 3 rings (SSSR count). The molecule has 0 aromatic heterocycles. The monoisotopic (exact) mass is 235 g/mol. The lowest BCUT2D eigenvalue weighted by atomic mass is 9.87. The Morgan fingerprint density at radius 2 is 2.12 bits per heavy atom. The predicted octanol–water partition coefficient (Wildman–Crippen LogP) is 3.34. The van der Waals surface area contributed by atoms with Crippen LogP contribution in [0.3, 0.4) is 0 Å². The van der Waals surface area contributed by atoms with Gasteiger partial charge in [0, 0.05) is 12.6 Å². The first kappa shape index (κ1) is 10.7. The van der Waals surface area contributed by atoms with E-state index in [9.17, 15) is 0 Å². The largest absolute Gasteiger partial charge is 0.331 e. The van der Waals surface area contributed by atoms with E-state index in [0.29, 0.717) is 6.04 Å². The molecule has 0 aliphatic carbocycles. The molecule has 2 aliphatic rings. The molecule has 2 fully saturated rings. The van der Waals surface area contributed by atoms with Gasteiger partial charge in [-0.1, -0.05) is 30.3 Å². The average Bonchev–Trinajstić information content (AvgIpc) is 2.86. The maximum absolute atomic E-state index is 6.29. The molecule has 1 aromatic rings. The summed E-state index contributed by atoms with van der Waals surface area (Å²) in [6.07, 6.45) is 2.60. The van der Waals surface area contributed by atoms with Crippen molar-refractivity contribution in [1.82, 2.24) is 4.67 Å². The lowest BCUT2D eigenvalue weighted by Crippen LogP contribution is -2.36. The van der Waals surface area contributed by atoms with E-state index in [4.69, 9.17) is 4.52 Å². The highest BCUT2D eigenvalue weighted by molar-refractivity contribution is 7.49. The van der Waals surface area contributed by atoms with Crippen molar-refractivity contribution in [3.63, 3.8) is 0 Å². The van der Waals surface area contributed by atoms with Gasteiger partial charge < -0.3 is 4.52 Å². The topological polar surface area (TPSA) is 12.5 Å². The molecule has 0 saturated carbocycles. The van der Waals surface area contributed by atoms with Gasteiger partial charge in [-0.25, -0.2) is 0 Å². The number of hydrogen-bond acceptors (Lipinski definition) is 2. The van der Waals surface area contributed by atoms with Gasteiger partial charge in [0.15, 0.2) is 0 Å². The number of benzene rings is 1. The van der Waals surface area contributed by atoms with E-state index >= 15 is 0 Å². The van der Waals surface area contributed by atoms with Crippen LogP contribution in [-0.4, -0.2) is 23.9 Å². The van der Waals surface area contributed by atoms with Gasteiger partial charge in [0.2, 0.25) is 0 Å². The van der Waals surface area contributed by atoms with Gasteiger partial charge in [-0.3, -0.25) is 4.67 Å². The normalized spacial score (nSPS) is 38.9. The van der Waals surface area contributed by atoms with Crippen LogP contribution in [0.2, 0.25) is 0 Å². The summed E-state index contributed by atoms with van der Waals surface area (Å²) in [5.74, 6) is 0. The van der Waals surface area contributed by atoms with Crippen LogP contribution in [0.15, 0.2) is 30.3 Å². The average molecular weight is 235 g/mol. The van der Waals surface area contributed by atoms with Crippen LogP contribution in [0, 0.1) is 0 Å². The van der Waals surface area contributed by atoms with Crippen molar-refractivity contribution in [2.75, 3.05) is 13.2 Å². The second-order valence-electron chi connectivity index (χ2n) is 4.85. The van der Waals surface area contributed by atoms with E-state index in [-0.39, 0.29) is 13.9 Å². The highest BCUT2D eigenvalue weighted by Gasteiger charge is 2.51. The van der Waals surface area contributed by atoms with Gasteiger partial charge >= 0.3 is 0 Å². The molecule has 3 heteroatoms. The fourth-order valence-corrected chi connectivity index (χ4v) is 5.08. The molecule has 3 atom stereocenters. The molecule has 0 bridgehead atoms. The smallest absolute Gasteiger partial charge is 0.112 e. The predicted molar refractivity (Wildman–Crippen MR) is 67.5 cm³/mol. The Hall–Kier alpha value is -0.430. The lowest BCUT2D eigenvalue weighted by molar-refractivity contribution is 0.0888. The minimum Gasteiger partial charge on any atom is -0.331 e. The van der Waals surface area contributed by atoms with Crippen LogP contribution in [0.4, 0.5) is 0 Å². The van der Waals surface area contributed by atoms with Crippen LogP contribution in [0.25, 0.3) is 0 Å². The first-order chi connectivity index (χ1) is 7.72. The molecule has 2 heterocycles. The zero-order valence-electron chi connectivity index (χ0n) is 9.89. The van der Waals surface area contributed by atoms with E-state index in [1.165, 1.54) is 24.9 Å². The molecule has 0 unspecified atom stereocenters. The molecule has 2 nitrogen and oxygen atoms in total. The zero-order chi connectivity index (χ0) is 11.2. The Kier molecular flexibility index (Phi) is 2.54. The summed E-state index contributed by atoms with van der Waals surface area (Å²) in [4.78, 5) is 0. The fourth-order valence-electron chi connectivity index (χ4n) is 3.05. The summed E-state index contributed by atoms with van der Waals surface area (Å²) in [6.45, 7) is 5.72. The van der Waals surface area contributed by atoms with Crippen molar-refractivity contribution in [3.05, 3.63) is 35.9 Å². The summed E-state index contributed by atoms with van der Waals surface area (Å²) in [7, 11) is -0.384. The first-order valence-corrected chi connectivity index (χ1v) is 7.63. The zero-order valence-corrected chi connectivity index (χ0v) is 10.8. The van der Waals surface area contributed by atoms with Gasteiger partial charge in [0.1, 0.15) is 13.9 Å². The molecule has 0 amide bonds. The summed E-state index contributed by atoms with van der Waals surface area (Å²) < 4.78 is 8.86. The van der Waals surface area contributed by atoms with Crippen LogP contribution >= 0.6 is 8.30 Å². The highest BCUT2D eigenvalue weighted by Crippen LogP contribution is 2.60. The van der Waals surface area contributed by atoms with Crippen molar-refractivity contribution in [2.24, 2.45) is 0 Å². The quantitative estimate of drug-likeness (QED) is 0.692. The molecule has 2 aliphatic heterocycles. The van der Waals surface area contributed by atoms with E-state index in [2.05, 4.69) is 48.6 Å². The highest BCUT2D eigenvalue weighted by atomic mass is 31.2. The third-order valence-electron chi connectivity index (χ3n) is 3.89. The molecule has 0 radical (unpaired) electrons. The van der Waals surface area contributed by atoms with Crippen LogP contribution in [-0.2, 0) is 10.1 Å². The van der Waals surface area contributed by atoms with E-state index in [1.807, 2.05) is 0 Å². The van der Waals surface area contributed by atoms with Gasteiger partial charge in [0.25, 0.3) is 0 Å². The Morgan fingerprint density at radius 1 is 1.38 bits per heavy atom. The summed E-state index contributed by atoms with van der Waals surface area (Å²) in [5.41, 5.74) is 1.25. The Bertz CT molecular complexity index is 383. The molecule has 0 spiro atoms. The molecule has 1 aromatic carbocycles. The summed E-state index contributed by atoms with van der Waals surface area (Å²) >= 11 is 0. The van der Waals surface area contributed by atoms with Gasteiger partial charge in [0.05, 0.1) is 0 Å². The number of hydrogen-bond donors (Lipinski definition) is 0. The number of fused-ring (bicyclic) bond motifs is 1. The van der Waals surface area contributed by atoms with E-state index < -0.39 is 0 Å². The second-order valence-corrected chi connectivity index (χ2v) is 6.47.